The summed E-state index contributed by atoms with van der Waals surface area (Å²) in [5.74, 6) is 0.610. The number of nitrogens with one attached hydrogen (secondary N) is 1. The van der Waals surface area contributed by atoms with Crippen LogP contribution in [0.2, 0.25) is 0 Å². The molecule has 0 saturated carbocycles. The number of carbonyl (C=O) groups excluding carboxylic acids is 1. The van der Waals surface area contributed by atoms with E-state index in [2.05, 4.69) is 5.32 Å². The SMILES string of the molecule is COc1ccc2c(c1)C(C)N(S(=O)(=O)c1ccc3c(c1)CC(=O)N3)CC2. The van der Waals surface area contributed by atoms with Crippen molar-refractivity contribution in [3.63, 3.8) is 0 Å². The molecule has 26 heavy (non-hydrogen) atoms. The molecular weight excluding hydrogens is 352 g/mol. The third kappa shape index (κ3) is 2.68. The van der Waals surface area contributed by atoms with Crippen LogP contribution < -0.4 is 10.1 Å². The summed E-state index contributed by atoms with van der Waals surface area (Å²) in [7, 11) is -2.06. The van der Waals surface area contributed by atoms with Gasteiger partial charge in [0.2, 0.25) is 15.9 Å². The summed E-state index contributed by atoms with van der Waals surface area (Å²) in [4.78, 5) is 11.8. The first-order valence-electron chi connectivity index (χ1n) is 8.51. The Balaban J connectivity index is 1.70. The first-order chi connectivity index (χ1) is 12.4. The van der Waals surface area contributed by atoms with E-state index in [-0.39, 0.29) is 23.3 Å². The molecule has 7 heteroatoms. The molecule has 1 N–H and O–H groups in total. The summed E-state index contributed by atoms with van der Waals surface area (Å²) in [5.41, 5.74) is 3.53. The van der Waals surface area contributed by atoms with Crippen LogP contribution in [-0.2, 0) is 27.7 Å². The third-order valence-corrected chi connectivity index (χ3v) is 7.11. The average molecular weight is 372 g/mol. The van der Waals surface area contributed by atoms with E-state index in [1.165, 1.54) is 4.31 Å². The number of anilines is 1. The minimum Gasteiger partial charge on any atom is -0.497 e. The highest BCUT2D eigenvalue weighted by molar-refractivity contribution is 7.89. The Morgan fingerprint density at radius 3 is 2.73 bits per heavy atom. The van der Waals surface area contributed by atoms with Crippen LogP contribution in [0.3, 0.4) is 0 Å². The van der Waals surface area contributed by atoms with E-state index in [0.717, 1.165) is 22.4 Å². The second-order valence-corrected chi connectivity index (χ2v) is 8.54. The summed E-state index contributed by atoms with van der Waals surface area (Å²) in [6.45, 7) is 2.32. The highest BCUT2D eigenvalue weighted by Crippen LogP contribution is 2.36. The average Bonchev–Trinajstić information content (AvgIpc) is 3.00. The highest BCUT2D eigenvalue weighted by atomic mass is 32.2. The molecule has 0 aliphatic carbocycles. The number of hydrogen-bond acceptors (Lipinski definition) is 4. The molecule has 0 fully saturated rings. The van der Waals surface area contributed by atoms with Gasteiger partial charge < -0.3 is 10.1 Å². The number of carbonyl (C=O) groups is 1. The molecule has 1 unspecified atom stereocenters. The Kier molecular flexibility index (Phi) is 4.00. The van der Waals surface area contributed by atoms with Crippen LogP contribution in [0.1, 0.15) is 29.7 Å². The largest absolute Gasteiger partial charge is 0.497 e. The summed E-state index contributed by atoms with van der Waals surface area (Å²) < 4.78 is 33.3. The molecule has 6 nitrogen and oxygen atoms in total. The Bertz CT molecular complexity index is 1000. The molecular formula is C19H20N2O4S. The molecule has 0 aromatic heterocycles. The zero-order chi connectivity index (χ0) is 18.5. The lowest BCUT2D eigenvalue weighted by molar-refractivity contribution is -0.115. The number of amides is 1. The van der Waals surface area contributed by atoms with Crippen molar-refractivity contribution < 1.29 is 17.9 Å². The van der Waals surface area contributed by atoms with Crippen molar-refractivity contribution in [1.29, 1.82) is 0 Å². The summed E-state index contributed by atoms with van der Waals surface area (Å²) >= 11 is 0. The predicted octanol–water partition coefficient (Wildman–Crippen LogP) is 2.50. The molecule has 2 aliphatic heterocycles. The lowest BCUT2D eigenvalue weighted by atomic mass is 9.95. The monoisotopic (exact) mass is 372 g/mol. The number of hydrogen-bond donors (Lipinski definition) is 1. The van der Waals surface area contributed by atoms with Crippen molar-refractivity contribution in [1.82, 2.24) is 4.31 Å². The van der Waals surface area contributed by atoms with Gasteiger partial charge >= 0.3 is 0 Å². The van der Waals surface area contributed by atoms with E-state index in [9.17, 15) is 13.2 Å². The van der Waals surface area contributed by atoms with E-state index < -0.39 is 10.0 Å². The molecule has 4 rings (SSSR count). The van der Waals surface area contributed by atoms with Gasteiger partial charge in [-0.25, -0.2) is 8.42 Å². The van der Waals surface area contributed by atoms with Crippen LogP contribution in [-0.4, -0.2) is 32.3 Å². The number of sulfonamides is 1. The van der Waals surface area contributed by atoms with Crippen LogP contribution in [0.5, 0.6) is 5.75 Å². The normalized spacial score (nSPS) is 19.6. The van der Waals surface area contributed by atoms with Gasteiger partial charge in [0.1, 0.15) is 5.75 Å². The zero-order valence-electron chi connectivity index (χ0n) is 14.7. The minimum atomic E-state index is -3.66. The van der Waals surface area contributed by atoms with Crippen LogP contribution in [0, 0.1) is 0 Å². The van der Waals surface area contributed by atoms with Crippen molar-refractivity contribution in [3.05, 3.63) is 53.1 Å². The molecule has 0 spiro atoms. The van der Waals surface area contributed by atoms with Gasteiger partial charge in [-0.2, -0.15) is 4.31 Å². The Morgan fingerprint density at radius 2 is 1.96 bits per heavy atom. The van der Waals surface area contributed by atoms with Gasteiger partial charge in [0, 0.05) is 18.3 Å². The number of nitrogens with zero attached hydrogens (tertiary/aromatic N) is 1. The summed E-state index contributed by atoms with van der Waals surface area (Å²) in [6.07, 6.45) is 0.877. The maximum Gasteiger partial charge on any atom is 0.243 e. The fourth-order valence-electron chi connectivity index (χ4n) is 3.73. The van der Waals surface area contributed by atoms with Crippen LogP contribution in [0.25, 0.3) is 0 Å². The van der Waals surface area contributed by atoms with Gasteiger partial charge in [-0.05, 0) is 60.4 Å². The summed E-state index contributed by atoms with van der Waals surface area (Å²) in [5, 5.41) is 2.73. The van der Waals surface area contributed by atoms with E-state index >= 15 is 0 Å². The van der Waals surface area contributed by atoms with Crippen molar-refractivity contribution in [2.24, 2.45) is 0 Å². The molecule has 2 aliphatic rings. The molecule has 136 valence electrons. The lowest BCUT2D eigenvalue weighted by Crippen LogP contribution is -2.38. The third-order valence-electron chi connectivity index (χ3n) is 5.15. The fourth-order valence-corrected chi connectivity index (χ4v) is 5.39. The molecule has 2 aromatic carbocycles. The second-order valence-electron chi connectivity index (χ2n) is 6.65. The van der Waals surface area contributed by atoms with Crippen LogP contribution >= 0.6 is 0 Å². The van der Waals surface area contributed by atoms with E-state index in [1.54, 1.807) is 25.3 Å². The second kappa shape index (κ2) is 6.10. The maximum atomic E-state index is 13.2. The predicted molar refractivity (Wildman–Crippen MR) is 97.8 cm³/mol. The van der Waals surface area contributed by atoms with Gasteiger partial charge in [0.25, 0.3) is 0 Å². The molecule has 1 atom stereocenters. The first-order valence-corrected chi connectivity index (χ1v) is 9.95. The van der Waals surface area contributed by atoms with Crippen LogP contribution in [0.15, 0.2) is 41.3 Å². The zero-order valence-corrected chi connectivity index (χ0v) is 15.5. The maximum absolute atomic E-state index is 13.2. The van der Waals surface area contributed by atoms with E-state index in [1.807, 2.05) is 25.1 Å². The Labute approximate surface area is 152 Å². The first kappa shape index (κ1) is 17.1. The van der Waals surface area contributed by atoms with Gasteiger partial charge in [0.15, 0.2) is 0 Å². The smallest absolute Gasteiger partial charge is 0.243 e. The number of fused-ring (bicyclic) bond motifs is 2. The topological polar surface area (TPSA) is 75.7 Å². The molecule has 0 saturated heterocycles. The molecule has 0 radical (unpaired) electrons. The van der Waals surface area contributed by atoms with Crippen LogP contribution in [0.4, 0.5) is 5.69 Å². The fraction of sp³-hybridized carbons (Fsp3) is 0.316. The van der Waals surface area contributed by atoms with Gasteiger partial charge in [-0.3, -0.25) is 4.79 Å². The summed E-state index contributed by atoms with van der Waals surface area (Å²) in [6, 6.07) is 10.4. The number of rotatable bonds is 3. The van der Waals surface area contributed by atoms with Gasteiger partial charge in [-0.15, -0.1) is 0 Å². The number of methoxy groups -OCH3 is 1. The molecule has 2 heterocycles. The standard InChI is InChI=1S/C19H20N2O4S/c1-12-17-11-15(25-2)4-3-13(17)7-8-21(12)26(23,24)16-5-6-18-14(9-16)10-19(22)20-18/h3-6,9,11-12H,7-8,10H2,1-2H3,(H,20,22). The van der Waals surface area contributed by atoms with Crippen molar-refractivity contribution in [3.8, 4) is 5.75 Å². The highest BCUT2D eigenvalue weighted by Gasteiger charge is 2.34. The van der Waals surface area contributed by atoms with Crippen molar-refractivity contribution in [2.45, 2.75) is 30.7 Å². The van der Waals surface area contributed by atoms with E-state index in [4.69, 9.17) is 4.74 Å². The lowest BCUT2D eigenvalue weighted by Gasteiger charge is -2.34. The quantitative estimate of drug-likeness (QED) is 0.898. The minimum absolute atomic E-state index is 0.109. The Hall–Kier alpha value is -2.38. The van der Waals surface area contributed by atoms with Crippen molar-refractivity contribution >= 4 is 21.6 Å². The molecule has 1 amide bonds. The number of ether oxygens (including phenoxy) is 1. The molecule has 0 bridgehead atoms. The van der Waals surface area contributed by atoms with E-state index in [0.29, 0.717) is 18.7 Å². The van der Waals surface area contributed by atoms with Crippen molar-refractivity contribution in [2.75, 3.05) is 19.0 Å². The van der Waals surface area contributed by atoms with Gasteiger partial charge in [0.05, 0.1) is 18.4 Å². The molecule has 2 aromatic rings. The van der Waals surface area contributed by atoms with Gasteiger partial charge in [-0.1, -0.05) is 6.07 Å². The number of benzene rings is 2. The Morgan fingerprint density at radius 1 is 1.15 bits per heavy atom.